The molecule has 2 aromatic carbocycles. The highest BCUT2D eigenvalue weighted by Gasteiger charge is 2.38. The number of phenols is 4. The molecule has 0 amide bonds. The lowest BCUT2D eigenvalue weighted by atomic mass is 9.77. The van der Waals surface area contributed by atoms with Gasteiger partial charge in [0, 0.05) is 28.7 Å². The normalized spacial score (nSPS) is 16.9. The number of ether oxygens (including phenoxy) is 1. The molecular weight excluding hydrogens is 472 g/mol. The Kier molecular flexibility index (Phi) is 5.44. The average molecular weight is 503 g/mol. The Morgan fingerprint density at radius 1 is 1.14 bits per heavy atom. The number of aromatic hydroxyl groups is 4. The van der Waals surface area contributed by atoms with E-state index >= 15 is 0 Å². The van der Waals surface area contributed by atoms with E-state index in [2.05, 4.69) is 6.58 Å². The number of allylic oxidation sites excluding steroid dienone is 3. The van der Waals surface area contributed by atoms with Gasteiger partial charge in [-0.25, -0.2) is 0 Å². The third-order valence-corrected chi connectivity index (χ3v) is 7.10. The number of fused-ring (bicyclic) bond motifs is 5. The van der Waals surface area contributed by atoms with Crippen molar-refractivity contribution in [1.29, 1.82) is 0 Å². The third-order valence-electron chi connectivity index (χ3n) is 7.10. The minimum absolute atomic E-state index is 0.0361. The van der Waals surface area contributed by atoms with E-state index in [0.717, 1.165) is 11.6 Å². The summed E-state index contributed by atoms with van der Waals surface area (Å²) >= 11 is 0. The molecule has 1 aliphatic heterocycles. The van der Waals surface area contributed by atoms with Gasteiger partial charge < -0.3 is 29.6 Å². The quantitative estimate of drug-likeness (QED) is 0.191. The molecule has 4 N–H and O–H groups in total. The molecule has 2 aliphatic rings. The monoisotopic (exact) mass is 502 g/mol. The first-order valence-corrected chi connectivity index (χ1v) is 12.1. The first-order chi connectivity index (χ1) is 17.3. The van der Waals surface area contributed by atoms with Gasteiger partial charge in [0.25, 0.3) is 0 Å². The molecule has 7 nitrogen and oxygen atoms in total. The van der Waals surface area contributed by atoms with Gasteiger partial charge in [0.05, 0.1) is 11.1 Å². The molecule has 0 fully saturated rings. The van der Waals surface area contributed by atoms with E-state index < -0.39 is 28.4 Å². The zero-order valence-corrected chi connectivity index (χ0v) is 21.5. The Bertz CT molecular complexity index is 1630. The van der Waals surface area contributed by atoms with Gasteiger partial charge in [0.2, 0.25) is 0 Å². The van der Waals surface area contributed by atoms with E-state index in [-0.39, 0.29) is 51.3 Å². The zero-order valence-electron chi connectivity index (χ0n) is 21.5. The fraction of sp³-hybridized carbons (Fsp3) is 0.300. The summed E-state index contributed by atoms with van der Waals surface area (Å²) in [5, 5.41) is 43.2. The Morgan fingerprint density at radius 3 is 2.49 bits per heavy atom. The molecule has 1 atom stereocenters. The maximum atomic E-state index is 14.0. The predicted molar refractivity (Wildman–Crippen MR) is 143 cm³/mol. The van der Waals surface area contributed by atoms with Gasteiger partial charge in [0.1, 0.15) is 39.6 Å². The Morgan fingerprint density at radius 2 is 1.84 bits per heavy atom. The fourth-order valence-corrected chi connectivity index (χ4v) is 5.21. The van der Waals surface area contributed by atoms with Crippen LogP contribution in [0, 0.1) is 0 Å². The molecular formula is C30H30O7. The van der Waals surface area contributed by atoms with Crippen molar-refractivity contribution in [3.05, 3.63) is 68.4 Å². The molecule has 5 rings (SSSR count). The Hall–Kier alpha value is -4.13. The predicted octanol–water partition coefficient (Wildman–Crippen LogP) is 6.19. The topological polar surface area (TPSA) is 120 Å². The van der Waals surface area contributed by atoms with Crippen LogP contribution in [0.1, 0.15) is 62.8 Å². The summed E-state index contributed by atoms with van der Waals surface area (Å²) in [5.41, 5.74) is 2.36. The molecule has 192 valence electrons. The van der Waals surface area contributed by atoms with E-state index in [4.69, 9.17) is 9.15 Å². The summed E-state index contributed by atoms with van der Waals surface area (Å²) < 4.78 is 12.7. The van der Waals surface area contributed by atoms with Gasteiger partial charge in [-0.05, 0) is 59.6 Å². The van der Waals surface area contributed by atoms with Gasteiger partial charge >= 0.3 is 0 Å². The lowest BCUT2D eigenvalue weighted by molar-refractivity contribution is 0.157. The number of phenolic OH excluding ortho intramolecular Hbond substituents is 4. The molecule has 1 aromatic heterocycles. The molecule has 0 bridgehead atoms. The zero-order chi connectivity index (χ0) is 27.0. The summed E-state index contributed by atoms with van der Waals surface area (Å²) in [6, 6.07) is 1.02. The highest BCUT2D eigenvalue weighted by molar-refractivity contribution is 5.96. The second-order valence-corrected chi connectivity index (χ2v) is 10.7. The van der Waals surface area contributed by atoms with Crippen molar-refractivity contribution in [3.63, 3.8) is 0 Å². The van der Waals surface area contributed by atoms with E-state index in [1.165, 1.54) is 0 Å². The number of rotatable bonds is 3. The molecule has 0 spiro atoms. The van der Waals surface area contributed by atoms with Crippen LogP contribution in [-0.4, -0.2) is 26.0 Å². The highest BCUT2D eigenvalue weighted by atomic mass is 16.5. The van der Waals surface area contributed by atoms with E-state index in [1.54, 1.807) is 13.0 Å². The van der Waals surface area contributed by atoms with Crippen LogP contribution in [0.2, 0.25) is 0 Å². The first kappa shape index (κ1) is 24.6. The Balaban J connectivity index is 1.95. The molecule has 3 aromatic rings. The van der Waals surface area contributed by atoms with Crippen molar-refractivity contribution < 1.29 is 29.6 Å². The van der Waals surface area contributed by atoms with Crippen LogP contribution >= 0.6 is 0 Å². The van der Waals surface area contributed by atoms with Crippen LogP contribution in [0.4, 0.5) is 0 Å². The summed E-state index contributed by atoms with van der Waals surface area (Å²) in [4.78, 5) is 14.0. The van der Waals surface area contributed by atoms with Crippen molar-refractivity contribution in [3.8, 4) is 40.1 Å². The summed E-state index contributed by atoms with van der Waals surface area (Å²) in [7, 11) is 0. The lowest BCUT2D eigenvalue weighted by Crippen LogP contribution is -2.28. The molecule has 7 heteroatoms. The fourth-order valence-electron chi connectivity index (χ4n) is 5.21. The van der Waals surface area contributed by atoms with E-state index in [0.29, 0.717) is 28.9 Å². The van der Waals surface area contributed by atoms with Gasteiger partial charge in [-0.2, -0.15) is 0 Å². The molecule has 37 heavy (non-hydrogen) atoms. The second-order valence-electron chi connectivity index (χ2n) is 10.7. The number of hydrogen-bond acceptors (Lipinski definition) is 7. The van der Waals surface area contributed by atoms with Crippen LogP contribution in [0.5, 0.6) is 28.7 Å². The largest absolute Gasteiger partial charge is 0.507 e. The molecule has 0 unspecified atom stereocenters. The van der Waals surface area contributed by atoms with Crippen molar-refractivity contribution >= 4 is 17.0 Å². The minimum Gasteiger partial charge on any atom is -0.507 e. The number of hydrogen-bond donors (Lipinski definition) is 4. The second kappa shape index (κ2) is 8.20. The molecule has 0 radical (unpaired) electrons. The maximum absolute atomic E-state index is 14.0. The molecule has 1 aliphatic carbocycles. The van der Waals surface area contributed by atoms with Crippen molar-refractivity contribution in [2.75, 3.05) is 0 Å². The molecule has 0 saturated heterocycles. The SMILES string of the molecule is C=C(C)[C@@H]1Cc2c(oc3c(CC=C(C)C)c4c(c(O)c3c2=O)C=CC(C)(C)O4)-c2c(O)cc(O)c(O)c21. The lowest BCUT2D eigenvalue weighted by Gasteiger charge is -2.31. The standard InChI is InChI=1S/C30H30O7/c1-13(2)7-8-16-27-15(9-10-30(5,6)37-27)24(33)23-25(34)18-11-17(14(3)4)21-22(29(18)36-28(16)23)19(31)12-20(32)26(21)35/h7,9-10,12,17,31-33,35H,3,8,11H2,1-2,4-6H3/t17-/m0/s1. The van der Waals surface area contributed by atoms with Crippen LogP contribution < -0.4 is 10.2 Å². The smallest absolute Gasteiger partial charge is 0.200 e. The molecule has 0 saturated carbocycles. The summed E-state index contributed by atoms with van der Waals surface area (Å²) in [6.07, 6.45) is 6.06. The van der Waals surface area contributed by atoms with Crippen molar-refractivity contribution in [1.82, 2.24) is 0 Å². The van der Waals surface area contributed by atoms with Gasteiger partial charge in [-0.3, -0.25) is 4.79 Å². The summed E-state index contributed by atoms with van der Waals surface area (Å²) in [6.45, 7) is 13.4. The van der Waals surface area contributed by atoms with Crippen LogP contribution in [0.25, 0.3) is 28.4 Å². The first-order valence-electron chi connectivity index (χ1n) is 12.1. The highest BCUT2D eigenvalue weighted by Crippen LogP contribution is 2.54. The van der Waals surface area contributed by atoms with Gasteiger partial charge in [-0.1, -0.05) is 23.8 Å². The minimum atomic E-state index is -0.649. The van der Waals surface area contributed by atoms with Crippen LogP contribution in [0.15, 0.2) is 45.2 Å². The van der Waals surface area contributed by atoms with Crippen LogP contribution in [-0.2, 0) is 12.8 Å². The average Bonchev–Trinajstić information content (AvgIpc) is 2.80. The van der Waals surface area contributed by atoms with E-state index in [1.807, 2.05) is 39.8 Å². The van der Waals surface area contributed by atoms with Crippen molar-refractivity contribution in [2.24, 2.45) is 0 Å². The van der Waals surface area contributed by atoms with Crippen LogP contribution in [0.3, 0.4) is 0 Å². The van der Waals surface area contributed by atoms with E-state index in [9.17, 15) is 25.2 Å². The Labute approximate surface area is 214 Å². The molecule has 2 heterocycles. The third kappa shape index (κ3) is 3.68. The van der Waals surface area contributed by atoms with Gasteiger partial charge in [-0.15, -0.1) is 0 Å². The summed E-state index contributed by atoms with van der Waals surface area (Å²) in [5.74, 6) is -1.50. The van der Waals surface area contributed by atoms with Gasteiger partial charge in [0.15, 0.2) is 16.9 Å². The number of benzene rings is 2. The maximum Gasteiger partial charge on any atom is 0.200 e. The van der Waals surface area contributed by atoms with Crippen molar-refractivity contribution in [2.45, 2.75) is 59.0 Å².